The van der Waals surface area contributed by atoms with E-state index in [4.69, 9.17) is 4.74 Å². The summed E-state index contributed by atoms with van der Waals surface area (Å²) in [6.07, 6.45) is 5.64. The molecule has 2 fully saturated rings. The van der Waals surface area contributed by atoms with Crippen molar-refractivity contribution in [3.63, 3.8) is 0 Å². The van der Waals surface area contributed by atoms with Gasteiger partial charge in [-0.05, 0) is 25.7 Å². The van der Waals surface area contributed by atoms with Gasteiger partial charge in [0.05, 0.1) is 5.92 Å². The second-order valence-electron chi connectivity index (χ2n) is 3.92. The molecule has 1 saturated carbocycles. The Labute approximate surface area is 66.9 Å². The lowest BCUT2D eigenvalue weighted by Gasteiger charge is -2.20. The maximum absolute atomic E-state index is 11.1. The van der Waals surface area contributed by atoms with Gasteiger partial charge in [0.1, 0.15) is 5.60 Å². The van der Waals surface area contributed by atoms with Crippen LogP contribution in [-0.2, 0) is 9.53 Å². The SMILES string of the molecule is CC1CC2(CCCC2)OC1=O. The van der Waals surface area contributed by atoms with Crippen LogP contribution in [0.15, 0.2) is 0 Å². The third-order valence-electron chi connectivity index (χ3n) is 2.91. The van der Waals surface area contributed by atoms with Gasteiger partial charge in [-0.15, -0.1) is 0 Å². The molecule has 2 rings (SSSR count). The largest absolute Gasteiger partial charge is 0.459 e. The van der Waals surface area contributed by atoms with Gasteiger partial charge >= 0.3 is 5.97 Å². The van der Waals surface area contributed by atoms with Crippen molar-refractivity contribution in [3.8, 4) is 0 Å². The maximum Gasteiger partial charge on any atom is 0.309 e. The van der Waals surface area contributed by atoms with Crippen molar-refractivity contribution in [1.29, 1.82) is 0 Å². The zero-order valence-electron chi connectivity index (χ0n) is 6.93. The van der Waals surface area contributed by atoms with Gasteiger partial charge in [0.15, 0.2) is 0 Å². The Kier molecular flexibility index (Phi) is 1.44. The topological polar surface area (TPSA) is 26.3 Å². The molecule has 1 unspecified atom stereocenters. The van der Waals surface area contributed by atoms with E-state index in [2.05, 4.69) is 0 Å². The molecule has 62 valence electrons. The van der Waals surface area contributed by atoms with Gasteiger partial charge in [-0.3, -0.25) is 4.79 Å². The van der Waals surface area contributed by atoms with E-state index in [1.165, 1.54) is 12.8 Å². The second-order valence-corrected chi connectivity index (χ2v) is 3.92. The van der Waals surface area contributed by atoms with Gasteiger partial charge in [-0.1, -0.05) is 6.92 Å². The van der Waals surface area contributed by atoms with Crippen molar-refractivity contribution in [2.24, 2.45) is 5.92 Å². The third kappa shape index (κ3) is 1.05. The van der Waals surface area contributed by atoms with Gasteiger partial charge in [-0.25, -0.2) is 0 Å². The zero-order valence-corrected chi connectivity index (χ0v) is 6.93. The predicted octanol–water partition coefficient (Wildman–Crippen LogP) is 1.88. The molecular weight excluding hydrogens is 140 g/mol. The summed E-state index contributed by atoms with van der Waals surface area (Å²) in [5.41, 5.74) is -0.0174. The molecule has 0 bridgehead atoms. The number of carbonyl (C=O) groups excluding carboxylic acids is 1. The smallest absolute Gasteiger partial charge is 0.309 e. The highest BCUT2D eigenvalue weighted by Crippen LogP contribution is 2.43. The number of hydrogen-bond acceptors (Lipinski definition) is 2. The summed E-state index contributed by atoms with van der Waals surface area (Å²) >= 11 is 0. The quantitative estimate of drug-likeness (QED) is 0.498. The number of rotatable bonds is 0. The van der Waals surface area contributed by atoms with Crippen molar-refractivity contribution in [3.05, 3.63) is 0 Å². The lowest BCUT2D eigenvalue weighted by molar-refractivity contribution is -0.149. The average Bonchev–Trinajstić information content (AvgIpc) is 2.46. The van der Waals surface area contributed by atoms with E-state index in [1.54, 1.807) is 0 Å². The molecule has 0 aromatic carbocycles. The molecular formula is C9H14O2. The summed E-state index contributed by atoms with van der Waals surface area (Å²) in [5, 5.41) is 0. The van der Waals surface area contributed by atoms with E-state index in [0.717, 1.165) is 19.3 Å². The molecule has 2 aliphatic rings. The monoisotopic (exact) mass is 154 g/mol. The number of hydrogen-bond donors (Lipinski definition) is 0. The van der Waals surface area contributed by atoms with Crippen molar-refractivity contribution >= 4 is 5.97 Å². The van der Waals surface area contributed by atoms with Crippen LogP contribution in [-0.4, -0.2) is 11.6 Å². The van der Waals surface area contributed by atoms with Gasteiger partial charge in [0.2, 0.25) is 0 Å². The molecule has 0 aromatic rings. The summed E-state index contributed by atoms with van der Waals surface area (Å²) < 4.78 is 5.38. The maximum atomic E-state index is 11.1. The van der Waals surface area contributed by atoms with Gasteiger partial charge in [0, 0.05) is 6.42 Å². The van der Waals surface area contributed by atoms with Crippen molar-refractivity contribution in [1.82, 2.24) is 0 Å². The minimum atomic E-state index is -0.0174. The van der Waals surface area contributed by atoms with E-state index >= 15 is 0 Å². The van der Waals surface area contributed by atoms with E-state index in [0.29, 0.717) is 0 Å². The molecule has 0 amide bonds. The standard InChI is InChI=1S/C9H14O2/c1-7-6-9(11-8(7)10)4-2-3-5-9/h7H,2-6H2,1H3. The lowest BCUT2D eigenvalue weighted by atomic mass is 9.94. The number of esters is 1. The first-order valence-electron chi connectivity index (χ1n) is 4.45. The Hall–Kier alpha value is -0.530. The Morgan fingerprint density at radius 1 is 1.45 bits per heavy atom. The number of ether oxygens (including phenoxy) is 1. The third-order valence-corrected chi connectivity index (χ3v) is 2.91. The molecule has 0 aromatic heterocycles. The molecule has 1 aliphatic heterocycles. The molecule has 1 spiro atoms. The minimum absolute atomic E-state index is 0.0174. The highest BCUT2D eigenvalue weighted by Gasteiger charge is 2.46. The Balaban J connectivity index is 2.12. The molecule has 1 atom stereocenters. The summed E-state index contributed by atoms with van der Waals surface area (Å²) in [6, 6.07) is 0. The summed E-state index contributed by atoms with van der Waals surface area (Å²) in [4.78, 5) is 11.1. The van der Waals surface area contributed by atoms with Crippen molar-refractivity contribution < 1.29 is 9.53 Å². The van der Waals surface area contributed by atoms with E-state index in [9.17, 15) is 4.79 Å². The van der Waals surface area contributed by atoms with E-state index in [-0.39, 0.29) is 17.5 Å². The normalized spacial score (nSPS) is 34.6. The van der Waals surface area contributed by atoms with Gasteiger partial charge < -0.3 is 4.74 Å². The molecule has 1 aliphatic carbocycles. The Morgan fingerprint density at radius 2 is 2.09 bits per heavy atom. The minimum Gasteiger partial charge on any atom is -0.459 e. The van der Waals surface area contributed by atoms with Gasteiger partial charge in [-0.2, -0.15) is 0 Å². The fourth-order valence-electron chi connectivity index (χ4n) is 2.32. The van der Waals surface area contributed by atoms with Crippen molar-refractivity contribution in [2.45, 2.75) is 44.6 Å². The van der Waals surface area contributed by atoms with Crippen LogP contribution >= 0.6 is 0 Å². The molecule has 2 nitrogen and oxygen atoms in total. The summed E-state index contributed by atoms with van der Waals surface area (Å²) in [6.45, 7) is 1.97. The van der Waals surface area contributed by atoms with Crippen LogP contribution in [0.1, 0.15) is 39.0 Å². The van der Waals surface area contributed by atoms with E-state index in [1.807, 2.05) is 6.92 Å². The Morgan fingerprint density at radius 3 is 2.55 bits per heavy atom. The molecule has 2 heteroatoms. The van der Waals surface area contributed by atoms with E-state index < -0.39 is 0 Å². The second kappa shape index (κ2) is 2.23. The fourth-order valence-corrected chi connectivity index (χ4v) is 2.32. The van der Waals surface area contributed by atoms with Crippen molar-refractivity contribution in [2.75, 3.05) is 0 Å². The molecule has 0 radical (unpaired) electrons. The first kappa shape index (κ1) is 7.14. The summed E-state index contributed by atoms with van der Waals surface area (Å²) in [7, 11) is 0. The predicted molar refractivity (Wildman–Crippen MR) is 41.1 cm³/mol. The van der Waals surface area contributed by atoms with Crippen LogP contribution in [0.2, 0.25) is 0 Å². The summed E-state index contributed by atoms with van der Waals surface area (Å²) in [5.74, 6) is 0.167. The molecule has 1 saturated heterocycles. The first-order valence-corrected chi connectivity index (χ1v) is 4.45. The first-order chi connectivity index (χ1) is 5.22. The fraction of sp³-hybridized carbons (Fsp3) is 0.889. The number of carbonyl (C=O) groups is 1. The molecule has 11 heavy (non-hydrogen) atoms. The van der Waals surface area contributed by atoms with Crippen LogP contribution in [0.3, 0.4) is 0 Å². The molecule has 1 heterocycles. The van der Waals surface area contributed by atoms with Crippen LogP contribution in [0.25, 0.3) is 0 Å². The highest BCUT2D eigenvalue weighted by molar-refractivity contribution is 5.74. The average molecular weight is 154 g/mol. The Bertz CT molecular complexity index is 180. The van der Waals surface area contributed by atoms with Crippen LogP contribution in [0.5, 0.6) is 0 Å². The van der Waals surface area contributed by atoms with Crippen LogP contribution < -0.4 is 0 Å². The lowest BCUT2D eigenvalue weighted by Crippen LogP contribution is -2.23. The highest BCUT2D eigenvalue weighted by atomic mass is 16.6. The van der Waals surface area contributed by atoms with Crippen LogP contribution in [0, 0.1) is 5.92 Å². The van der Waals surface area contributed by atoms with Gasteiger partial charge in [0.25, 0.3) is 0 Å². The van der Waals surface area contributed by atoms with Crippen LogP contribution in [0.4, 0.5) is 0 Å². The molecule has 0 N–H and O–H groups in total. The zero-order chi connectivity index (χ0) is 7.90.